The third-order valence-electron chi connectivity index (χ3n) is 6.21. The number of carbonyl (C=O) groups excluding carboxylic acids is 3. The molecule has 0 saturated carbocycles. The second kappa shape index (κ2) is 10.4. The van der Waals surface area contributed by atoms with E-state index in [1.807, 2.05) is 24.3 Å². The van der Waals surface area contributed by atoms with Gasteiger partial charge in [-0.15, -0.1) is 0 Å². The number of carbonyl (C=O) groups is 3. The zero-order chi connectivity index (χ0) is 27.9. The molecule has 5 rings (SSSR count). The minimum absolute atomic E-state index is 0.0107. The maximum atomic E-state index is 13.5. The molecule has 1 aliphatic heterocycles. The van der Waals surface area contributed by atoms with Crippen LogP contribution < -0.4 is 5.32 Å². The number of hydrogen-bond acceptors (Lipinski definition) is 7. The monoisotopic (exact) mass is 582 g/mol. The largest absolute Gasteiger partial charge is 0.324 e. The van der Waals surface area contributed by atoms with Gasteiger partial charge in [0.2, 0.25) is 5.91 Å². The number of halogens is 2. The van der Waals surface area contributed by atoms with Crippen LogP contribution in [0.5, 0.6) is 0 Å². The van der Waals surface area contributed by atoms with Crippen LogP contribution in [0.25, 0.3) is 22.3 Å². The van der Waals surface area contributed by atoms with Gasteiger partial charge in [0.05, 0.1) is 49.8 Å². The van der Waals surface area contributed by atoms with Crippen LogP contribution in [-0.4, -0.2) is 59.1 Å². The van der Waals surface area contributed by atoms with E-state index >= 15 is 0 Å². The molecule has 0 unspecified atom stereocenters. The van der Waals surface area contributed by atoms with E-state index in [2.05, 4.69) is 15.3 Å². The van der Waals surface area contributed by atoms with Gasteiger partial charge in [-0.1, -0.05) is 47.5 Å². The molecule has 1 aliphatic rings. The molecule has 0 fully saturated rings. The van der Waals surface area contributed by atoms with E-state index in [-0.39, 0.29) is 27.6 Å². The van der Waals surface area contributed by atoms with Crippen molar-refractivity contribution in [1.29, 1.82) is 0 Å². The molecule has 39 heavy (non-hydrogen) atoms. The highest BCUT2D eigenvalue weighted by Crippen LogP contribution is 2.33. The van der Waals surface area contributed by atoms with E-state index < -0.39 is 39.4 Å². The van der Waals surface area contributed by atoms with Gasteiger partial charge in [-0.2, -0.15) is 0 Å². The Morgan fingerprint density at radius 2 is 1.59 bits per heavy atom. The summed E-state index contributed by atoms with van der Waals surface area (Å²) in [5.74, 6) is -2.68. The summed E-state index contributed by atoms with van der Waals surface area (Å²) in [5.41, 5.74) is 3.03. The Bertz CT molecular complexity index is 1740. The van der Waals surface area contributed by atoms with Crippen molar-refractivity contribution in [2.45, 2.75) is 12.5 Å². The number of benzene rings is 3. The molecule has 1 N–H and O–H groups in total. The second-order valence-corrected chi connectivity index (χ2v) is 12.1. The van der Waals surface area contributed by atoms with Gasteiger partial charge in [-0.05, 0) is 42.8 Å². The number of nitrogens with one attached hydrogen (secondary N) is 1. The van der Waals surface area contributed by atoms with Crippen molar-refractivity contribution in [3.63, 3.8) is 0 Å². The van der Waals surface area contributed by atoms with Crippen LogP contribution in [0.15, 0.2) is 66.9 Å². The smallest absolute Gasteiger partial charge is 0.262 e. The number of sulfone groups is 1. The van der Waals surface area contributed by atoms with E-state index in [1.165, 1.54) is 12.1 Å². The minimum atomic E-state index is -3.52. The van der Waals surface area contributed by atoms with Gasteiger partial charge in [-0.3, -0.25) is 24.3 Å². The molecule has 0 aliphatic carbocycles. The Morgan fingerprint density at radius 1 is 0.949 bits per heavy atom. The van der Waals surface area contributed by atoms with Crippen LogP contribution in [0.2, 0.25) is 10.0 Å². The molecule has 12 heteroatoms. The average Bonchev–Trinajstić information content (AvgIpc) is 3.12. The molecule has 198 valence electrons. The third-order valence-corrected chi connectivity index (χ3v) is 7.91. The normalized spacial score (nSPS) is 14.0. The first-order valence-corrected chi connectivity index (χ1v) is 14.5. The Labute approximate surface area is 233 Å². The summed E-state index contributed by atoms with van der Waals surface area (Å²) in [6, 6.07) is 15.3. The highest BCUT2D eigenvalue weighted by Gasteiger charge is 2.43. The van der Waals surface area contributed by atoms with E-state index in [1.54, 1.807) is 30.5 Å². The van der Waals surface area contributed by atoms with Crippen LogP contribution in [0, 0.1) is 0 Å². The zero-order valence-electron chi connectivity index (χ0n) is 20.4. The summed E-state index contributed by atoms with van der Waals surface area (Å²) in [7, 11) is -3.52. The van der Waals surface area contributed by atoms with Gasteiger partial charge < -0.3 is 5.32 Å². The Balaban J connectivity index is 1.45. The SMILES string of the molecule is CS(=O)(=O)CC[C@H](C(=O)Nc1cccc(-c2cnc3ccccc3n2)c1)N1C(=O)c2cc(Cl)c(Cl)cc2C1=O. The first-order chi connectivity index (χ1) is 18.5. The molecular weight excluding hydrogens is 563 g/mol. The summed E-state index contributed by atoms with van der Waals surface area (Å²) >= 11 is 12.1. The zero-order valence-corrected chi connectivity index (χ0v) is 22.7. The lowest BCUT2D eigenvalue weighted by Gasteiger charge is -2.25. The summed E-state index contributed by atoms with van der Waals surface area (Å²) in [6.07, 6.45) is 2.33. The Hall–Kier alpha value is -3.86. The minimum Gasteiger partial charge on any atom is -0.324 e. The number of nitrogens with zero attached hydrogens (tertiary/aromatic N) is 3. The number of imide groups is 1. The van der Waals surface area contributed by atoms with Crippen molar-refractivity contribution in [2.24, 2.45) is 0 Å². The molecule has 9 nitrogen and oxygen atoms in total. The average molecular weight is 583 g/mol. The second-order valence-electron chi connectivity index (χ2n) is 9.04. The summed E-state index contributed by atoms with van der Waals surface area (Å²) in [5, 5.41) is 2.86. The molecule has 0 saturated heterocycles. The number of amides is 3. The van der Waals surface area contributed by atoms with Crippen molar-refractivity contribution >= 4 is 67.5 Å². The molecule has 1 aromatic heterocycles. The number of para-hydroxylation sites is 2. The number of anilines is 1. The number of rotatable bonds is 7. The van der Waals surface area contributed by atoms with Gasteiger partial charge in [0.1, 0.15) is 15.9 Å². The van der Waals surface area contributed by atoms with Gasteiger partial charge in [-0.25, -0.2) is 13.4 Å². The first-order valence-electron chi connectivity index (χ1n) is 11.7. The molecule has 3 aromatic carbocycles. The third kappa shape index (κ3) is 5.49. The Morgan fingerprint density at radius 3 is 2.23 bits per heavy atom. The van der Waals surface area contributed by atoms with Crippen molar-refractivity contribution in [3.05, 3.63) is 88.0 Å². The number of hydrogen-bond donors (Lipinski definition) is 1. The van der Waals surface area contributed by atoms with Crippen molar-refractivity contribution in [1.82, 2.24) is 14.9 Å². The molecular formula is C27H20Cl2N4O5S. The van der Waals surface area contributed by atoms with Crippen LogP contribution in [0.3, 0.4) is 0 Å². The first kappa shape index (κ1) is 26.7. The molecule has 2 heterocycles. The van der Waals surface area contributed by atoms with Gasteiger partial charge in [0, 0.05) is 17.5 Å². The van der Waals surface area contributed by atoms with E-state index in [4.69, 9.17) is 23.2 Å². The lowest BCUT2D eigenvalue weighted by molar-refractivity contribution is -0.120. The quantitative estimate of drug-likeness (QED) is 0.314. The lowest BCUT2D eigenvalue weighted by Crippen LogP contribution is -2.48. The summed E-state index contributed by atoms with van der Waals surface area (Å²) < 4.78 is 23.9. The molecule has 4 aromatic rings. The molecule has 0 spiro atoms. The van der Waals surface area contributed by atoms with Crippen LogP contribution in [0.4, 0.5) is 5.69 Å². The standard InChI is InChI=1S/C27H20Cl2N4O5S/c1-39(37,38)10-9-24(33-26(35)17-12-19(28)20(29)13-18(17)27(33)36)25(34)31-16-6-4-5-15(11-16)23-14-30-21-7-2-3-8-22(21)32-23/h2-8,11-14,24H,9-10H2,1H3,(H,31,34)/t24-/m1/s1. The highest BCUT2D eigenvalue weighted by atomic mass is 35.5. The maximum Gasteiger partial charge on any atom is 0.262 e. The van der Waals surface area contributed by atoms with Crippen LogP contribution >= 0.6 is 23.2 Å². The molecule has 0 bridgehead atoms. The predicted octanol–water partition coefficient (Wildman–Crippen LogP) is 4.64. The fourth-order valence-electron chi connectivity index (χ4n) is 4.32. The number of aromatic nitrogens is 2. The van der Waals surface area contributed by atoms with Crippen LogP contribution in [-0.2, 0) is 14.6 Å². The number of fused-ring (bicyclic) bond motifs is 2. The Kier molecular flexibility index (Phi) is 7.11. The predicted molar refractivity (Wildman–Crippen MR) is 149 cm³/mol. The topological polar surface area (TPSA) is 126 Å². The van der Waals surface area contributed by atoms with Gasteiger partial charge >= 0.3 is 0 Å². The highest BCUT2D eigenvalue weighted by molar-refractivity contribution is 7.90. The van der Waals surface area contributed by atoms with E-state index in [0.29, 0.717) is 22.5 Å². The van der Waals surface area contributed by atoms with Gasteiger partial charge in [0.15, 0.2) is 0 Å². The molecule has 0 radical (unpaired) electrons. The van der Waals surface area contributed by atoms with E-state index in [9.17, 15) is 22.8 Å². The van der Waals surface area contributed by atoms with E-state index in [0.717, 1.165) is 16.7 Å². The van der Waals surface area contributed by atoms with Crippen molar-refractivity contribution < 1.29 is 22.8 Å². The van der Waals surface area contributed by atoms with Crippen LogP contribution in [0.1, 0.15) is 27.1 Å². The fraction of sp³-hybridized carbons (Fsp3) is 0.148. The fourth-order valence-corrected chi connectivity index (χ4v) is 5.30. The summed E-state index contributed by atoms with van der Waals surface area (Å²) in [6.45, 7) is 0. The van der Waals surface area contributed by atoms with Crippen molar-refractivity contribution in [2.75, 3.05) is 17.3 Å². The maximum absolute atomic E-state index is 13.5. The van der Waals surface area contributed by atoms with Crippen molar-refractivity contribution in [3.8, 4) is 11.3 Å². The lowest BCUT2D eigenvalue weighted by atomic mass is 10.1. The van der Waals surface area contributed by atoms with Gasteiger partial charge in [0.25, 0.3) is 11.8 Å². The summed E-state index contributed by atoms with van der Waals surface area (Å²) in [4.78, 5) is 49.7. The molecule has 1 atom stereocenters. The molecule has 3 amide bonds.